The van der Waals surface area contributed by atoms with Gasteiger partial charge in [-0.05, 0) is 50.3 Å². The van der Waals surface area contributed by atoms with Gasteiger partial charge in [-0.15, -0.1) is 0 Å². The third kappa shape index (κ3) is 5.08. The molecule has 0 radical (unpaired) electrons. The van der Waals surface area contributed by atoms with Gasteiger partial charge in [-0.3, -0.25) is 9.69 Å². The minimum Gasteiger partial charge on any atom is -0.322 e. The van der Waals surface area contributed by atoms with Crippen LogP contribution in [0.4, 0.5) is 39.3 Å². The Bertz CT molecular complexity index is 1660. The van der Waals surface area contributed by atoms with E-state index in [-0.39, 0.29) is 29.6 Å². The van der Waals surface area contributed by atoms with Crippen molar-refractivity contribution in [2.24, 2.45) is 0 Å². The van der Waals surface area contributed by atoms with Gasteiger partial charge < -0.3 is 10.6 Å². The zero-order chi connectivity index (χ0) is 28.4. The maximum atomic E-state index is 14.0. The highest BCUT2D eigenvalue weighted by molar-refractivity contribution is 6.32. The molecule has 3 heterocycles. The number of nitrogens with one attached hydrogen (secondary N) is 2. The van der Waals surface area contributed by atoms with Gasteiger partial charge in [0.15, 0.2) is 11.0 Å². The molecule has 200 valence electrons. The van der Waals surface area contributed by atoms with Crippen LogP contribution in [-0.4, -0.2) is 31.7 Å². The zero-order valence-electron chi connectivity index (χ0n) is 21.7. The first-order valence-corrected chi connectivity index (χ1v) is 12.6. The van der Waals surface area contributed by atoms with Crippen molar-refractivity contribution in [1.29, 1.82) is 5.26 Å². The zero-order valence-corrected chi connectivity index (χ0v) is 22.4. The molecule has 0 unspecified atom stereocenters. The largest absolute Gasteiger partial charge is 0.335 e. The van der Waals surface area contributed by atoms with Gasteiger partial charge in [-0.2, -0.15) is 15.3 Å². The molecule has 0 fully saturated rings. The molecule has 1 aliphatic rings. The number of anilines is 6. The lowest BCUT2D eigenvalue weighted by Gasteiger charge is -2.36. The van der Waals surface area contributed by atoms with Crippen molar-refractivity contribution in [3.8, 4) is 6.07 Å². The summed E-state index contributed by atoms with van der Waals surface area (Å²) in [4.78, 5) is 38.1. The van der Waals surface area contributed by atoms with Crippen LogP contribution in [0.1, 0.15) is 19.4 Å². The molecule has 12 heteroatoms. The second-order valence-electron chi connectivity index (χ2n) is 9.40. The number of aromatic nitrogens is 4. The Morgan fingerprint density at radius 1 is 1.18 bits per heavy atom. The van der Waals surface area contributed by atoms with Gasteiger partial charge in [-0.1, -0.05) is 42.4 Å². The maximum Gasteiger partial charge on any atom is 0.335 e. The van der Waals surface area contributed by atoms with E-state index in [2.05, 4.69) is 38.3 Å². The monoisotopic (exact) mass is 553 g/mol. The molecule has 1 aliphatic heterocycles. The summed E-state index contributed by atoms with van der Waals surface area (Å²) in [7, 11) is 0. The second-order valence-corrected chi connectivity index (χ2v) is 9.76. The average Bonchev–Trinajstić information content (AvgIpc) is 3.33. The number of carbonyl (C=O) groups is 2. The number of halogens is 1. The average molecular weight is 554 g/mol. The number of amides is 3. The van der Waals surface area contributed by atoms with Crippen LogP contribution in [0.15, 0.2) is 79.6 Å². The van der Waals surface area contributed by atoms with Gasteiger partial charge in [-0.25, -0.2) is 19.4 Å². The van der Waals surface area contributed by atoms with Crippen LogP contribution in [0, 0.1) is 11.3 Å². The van der Waals surface area contributed by atoms with E-state index in [1.807, 2.05) is 30.3 Å². The molecule has 0 bridgehead atoms. The van der Waals surface area contributed by atoms with Crippen LogP contribution in [0.3, 0.4) is 0 Å². The summed E-state index contributed by atoms with van der Waals surface area (Å²) in [5.74, 6) is 0.166. The standard InChI is InChI=1S/C28H24ClN9O2/c1-4-23(39)32-19-9-8-12-21(13-19)38-25-18(15-36(27(38)40)20-10-6-5-7-11-20)14-31-26(34-25)33-22-16-37(35-24(22)29)28(2,3)17-30/h4-14,16H,1,15H2,2-3H3,(H,32,39)(H,31,33,34). The predicted octanol–water partition coefficient (Wildman–Crippen LogP) is 5.73. The summed E-state index contributed by atoms with van der Waals surface area (Å²) in [5.41, 5.74) is 1.86. The first-order valence-electron chi connectivity index (χ1n) is 12.2. The molecular formula is C28H24ClN9O2. The number of urea groups is 1. The summed E-state index contributed by atoms with van der Waals surface area (Å²) in [5, 5.41) is 19.6. The molecule has 11 nitrogen and oxygen atoms in total. The van der Waals surface area contributed by atoms with Crippen LogP contribution in [0.2, 0.25) is 5.15 Å². The number of para-hydroxylation sites is 1. The number of hydrogen-bond acceptors (Lipinski definition) is 7. The molecule has 0 saturated heterocycles. The Labute approximate surface area is 235 Å². The number of carbonyl (C=O) groups excluding carboxylic acids is 2. The SMILES string of the molecule is C=CC(=O)Nc1cccc(N2C(=O)N(c3ccccc3)Cc3cnc(Nc4cn(C(C)(C)C#N)nc4Cl)nc32)c1. The Balaban J connectivity index is 1.57. The summed E-state index contributed by atoms with van der Waals surface area (Å²) in [6.07, 6.45) is 4.41. The third-order valence-corrected chi connectivity index (χ3v) is 6.47. The van der Waals surface area contributed by atoms with Crippen molar-refractivity contribution in [2.75, 3.05) is 20.4 Å². The predicted molar refractivity (Wildman–Crippen MR) is 153 cm³/mol. The highest BCUT2D eigenvalue weighted by Gasteiger charge is 2.34. The van der Waals surface area contributed by atoms with E-state index < -0.39 is 5.54 Å². The fourth-order valence-corrected chi connectivity index (χ4v) is 4.24. The molecule has 0 atom stereocenters. The topological polar surface area (TPSA) is 132 Å². The molecular weight excluding hydrogens is 530 g/mol. The fourth-order valence-electron chi connectivity index (χ4n) is 4.07. The lowest BCUT2D eigenvalue weighted by atomic mass is 10.1. The van der Waals surface area contributed by atoms with Crippen molar-refractivity contribution in [2.45, 2.75) is 25.9 Å². The summed E-state index contributed by atoms with van der Waals surface area (Å²) in [6, 6.07) is 18.0. The minimum absolute atomic E-state index is 0.137. The maximum absolute atomic E-state index is 14.0. The van der Waals surface area contributed by atoms with Crippen molar-refractivity contribution in [3.63, 3.8) is 0 Å². The first-order chi connectivity index (χ1) is 19.2. The number of rotatable bonds is 7. The minimum atomic E-state index is -0.920. The van der Waals surface area contributed by atoms with Crippen LogP contribution in [0.5, 0.6) is 0 Å². The van der Waals surface area contributed by atoms with Crippen molar-refractivity contribution in [1.82, 2.24) is 19.7 Å². The van der Waals surface area contributed by atoms with Crippen LogP contribution >= 0.6 is 11.6 Å². The number of benzene rings is 2. The highest BCUT2D eigenvalue weighted by atomic mass is 35.5. The van der Waals surface area contributed by atoms with Gasteiger partial charge >= 0.3 is 6.03 Å². The molecule has 2 N–H and O–H groups in total. The van der Waals surface area contributed by atoms with Gasteiger partial charge in [0.1, 0.15) is 5.54 Å². The quantitative estimate of drug-likeness (QED) is 0.279. The van der Waals surface area contributed by atoms with E-state index in [0.29, 0.717) is 34.1 Å². The van der Waals surface area contributed by atoms with E-state index >= 15 is 0 Å². The lowest BCUT2D eigenvalue weighted by molar-refractivity contribution is -0.111. The molecule has 0 spiro atoms. The molecule has 3 amide bonds. The Morgan fingerprint density at radius 3 is 2.65 bits per heavy atom. The fraction of sp³-hybridized carbons (Fsp3) is 0.143. The van der Waals surface area contributed by atoms with Gasteiger partial charge in [0.05, 0.1) is 30.2 Å². The van der Waals surface area contributed by atoms with E-state index in [1.54, 1.807) is 55.4 Å². The first kappa shape index (κ1) is 26.4. The molecule has 0 saturated carbocycles. The second kappa shape index (κ2) is 10.5. The van der Waals surface area contributed by atoms with Crippen LogP contribution < -0.4 is 20.4 Å². The molecule has 4 aromatic rings. The molecule has 2 aromatic heterocycles. The van der Waals surface area contributed by atoms with E-state index in [1.165, 1.54) is 15.7 Å². The van der Waals surface area contributed by atoms with Crippen LogP contribution in [-0.2, 0) is 16.9 Å². The summed E-state index contributed by atoms with van der Waals surface area (Å²) >= 11 is 6.33. The van der Waals surface area contributed by atoms with Gasteiger partial charge in [0, 0.05) is 23.1 Å². The smallest absolute Gasteiger partial charge is 0.322 e. The van der Waals surface area contributed by atoms with E-state index in [4.69, 9.17) is 11.6 Å². The van der Waals surface area contributed by atoms with Crippen molar-refractivity contribution >= 4 is 58.1 Å². The number of hydrogen-bond donors (Lipinski definition) is 2. The Morgan fingerprint density at radius 2 is 1.93 bits per heavy atom. The Hall–Kier alpha value is -5.21. The number of nitriles is 1. The molecule has 0 aliphatic carbocycles. The van der Waals surface area contributed by atoms with Gasteiger partial charge in [0.2, 0.25) is 11.9 Å². The van der Waals surface area contributed by atoms with Gasteiger partial charge in [0.25, 0.3) is 0 Å². The molecule has 5 rings (SSSR count). The lowest BCUT2D eigenvalue weighted by Crippen LogP contribution is -2.45. The van der Waals surface area contributed by atoms with Crippen molar-refractivity contribution < 1.29 is 9.59 Å². The third-order valence-electron chi connectivity index (χ3n) is 6.19. The van der Waals surface area contributed by atoms with Crippen LogP contribution in [0.25, 0.3) is 0 Å². The van der Waals surface area contributed by atoms with E-state index in [9.17, 15) is 14.9 Å². The number of fused-ring (bicyclic) bond motifs is 1. The molecule has 40 heavy (non-hydrogen) atoms. The Kier molecular flexibility index (Phi) is 6.94. The number of nitrogens with zero attached hydrogens (tertiary/aromatic N) is 7. The molecule has 2 aromatic carbocycles. The summed E-state index contributed by atoms with van der Waals surface area (Å²) < 4.78 is 1.45. The normalized spacial score (nSPS) is 12.9. The van der Waals surface area contributed by atoms with E-state index in [0.717, 1.165) is 0 Å². The van der Waals surface area contributed by atoms with Crippen molar-refractivity contribution in [3.05, 3.63) is 90.4 Å². The highest BCUT2D eigenvalue weighted by Crippen LogP contribution is 2.37. The summed E-state index contributed by atoms with van der Waals surface area (Å²) in [6.45, 7) is 7.16.